The van der Waals surface area contributed by atoms with E-state index in [1.54, 1.807) is 0 Å². The van der Waals surface area contributed by atoms with Gasteiger partial charge >= 0.3 is 0 Å². The zero-order chi connectivity index (χ0) is 36.3. The minimum Gasteiger partial charge on any atom is -0.328 e. The number of nitrogens with zero attached hydrogens (tertiary/aromatic N) is 3. The average molecular weight is 688 g/mol. The standard InChI is InChI=1S/C50H45N3/c1-35(2)45-21-12-22-46(36(3)4)50(45)53-30-29-52(34-53)44-26-24-37(25-27-44)38-13-9-14-39(31-38)40-15-10-16-41(32-40)47-19-5-6-20-48(47)42-17-11-18-43(33-42)49-23-7-8-28-51-49/h5-33,35-36H,34H2,1-4H3. The Morgan fingerprint density at radius 2 is 0.925 bits per heavy atom. The number of rotatable bonds is 9. The van der Waals surface area contributed by atoms with E-state index in [0.29, 0.717) is 11.8 Å². The molecule has 0 saturated heterocycles. The van der Waals surface area contributed by atoms with Gasteiger partial charge in [-0.05, 0) is 110 Å². The van der Waals surface area contributed by atoms with Crippen LogP contribution in [0.15, 0.2) is 176 Å². The van der Waals surface area contributed by atoms with E-state index in [4.69, 9.17) is 0 Å². The van der Waals surface area contributed by atoms with Gasteiger partial charge in [-0.15, -0.1) is 0 Å². The number of hydrogen-bond acceptors (Lipinski definition) is 3. The van der Waals surface area contributed by atoms with Crippen LogP contribution in [-0.4, -0.2) is 11.7 Å². The predicted octanol–water partition coefficient (Wildman–Crippen LogP) is 13.4. The molecule has 7 aromatic rings. The summed E-state index contributed by atoms with van der Waals surface area (Å²) >= 11 is 0. The Hall–Kier alpha value is -6.19. The number of anilines is 2. The number of para-hydroxylation sites is 1. The maximum absolute atomic E-state index is 4.58. The van der Waals surface area contributed by atoms with E-state index in [1.807, 2.05) is 18.3 Å². The Balaban J connectivity index is 1.03. The number of benzene rings is 6. The summed E-state index contributed by atoms with van der Waals surface area (Å²) < 4.78 is 0. The molecular weight excluding hydrogens is 643 g/mol. The summed E-state index contributed by atoms with van der Waals surface area (Å²) in [5.41, 5.74) is 17.0. The molecule has 53 heavy (non-hydrogen) atoms. The van der Waals surface area contributed by atoms with Gasteiger partial charge in [-0.3, -0.25) is 4.98 Å². The molecule has 0 amide bonds. The van der Waals surface area contributed by atoms with Crippen LogP contribution in [0.3, 0.4) is 0 Å². The minimum absolute atomic E-state index is 0.459. The Kier molecular flexibility index (Phi) is 9.48. The summed E-state index contributed by atoms with van der Waals surface area (Å²) in [5, 5.41) is 0. The van der Waals surface area contributed by atoms with E-state index < -0.39 is 0 Å². The molecule has 1 aliphatic heterocycles. The van der Waals surface area contributed by atoms with Crippen molar-refractivity contribution in [2.75, 3.05) is 16.5 Å². The molecule has 1 aromatic heterocycles. The van der Waals surface area contributed by atoms with Crippen molar-refractivity contribution in [2.45, 2.75) is 39.5 Å². The zero-order valence-electron chi connectivity index (χ0n) is 30.9. The highest BCUT2D eigenvalue weighted by Gasteiger charge is 2.23. The molecule has 8 rings (SSSR count). The van der Waals surface area contributed by atoms with Crippen molar-refractivity contribution in [3.63, 3.8) is 0 Å². The van der Waals surface area contributed by atoms with Crippen LogP contribution >= 0.6 is 0 Å². The summed E-state index contributed by atoms with van der Waals surface area (Å²) in [6.45, 7) is 9.95. The average Bonchev–Trinajstić information content (AvgIpc) is 3.71. The predicted molar refractivity (Wildman–Crippen MR) is 225 cm³/mol. The van der Waals surface area contributed by atoms with Crippen molar-refractivity contribution in [1.29, 1.82) is 0 Å². The van der Waals surface area contributed by atoms with Gasteiger partial charge in [0.25, 0.3) is 0 Å². The Morgan fingerprint density at radius 3 is 1.51 bits per heavy atom. The smallest absolute Gasteiger partial charge is 0.0989 e. The van der Waals surface area contributed by atoms with Gasteiger partial charge < -0.3 is 9.80 Å². The third-order valence-electron chi connectivity index (χ3n) is 10.3. The lowest BCUT2D eigenvalue weighted by atomic mass is 9.91. The normalized spacial score (nSPS) is 12.6. The second-order valence-corrected chi connectivity index (χ2v) is 14.5. The molecule has 3 nitrogen and oxygen atoms in total. The van der Waals surface area contributed by atoms with Crippen molar-refractivity contribution >= 4 is 11.4 Å². The Labute approximate surface area is 314 Å². The van der Waals surface area contributed by atoms with Gasteiger partial charge in [-0.2, -0.15) is 0 Å². The molecule has 0 fully saturated rings. The minimum atomic E-state index is 0.459. The fourth-order valence-corrected chi connectivity index (χ4v) is 7.53. The van der Waals surface area contributed by atoms with Crippen LogP contribution < -0.4 is 9.80 Å². The largest absolute Gasteiger partial charge is 0.328 e. The molecule has 0 bridgehead atoms. The SMILES string of the molecule is CC(C)c1cccc(C(C)C)c1N1C=CN(c2ccc(-c3cccc(-c4cccc(-c5ccccc5-c5cccc(-c6ccccn6)c5)c4)c3)cc2)C1. The number of pyridine rings is 1. The van der Waals surface area contributed by atoms with E-state index in [1.165, 1.54) is 67.0 Å². The first-order valence-corrected chi connectivity index (χ1v) is 18.7. The highest BCUT2D eigenvalue weighted by molar-refractivity contribution is 5.87. The second kappa shape index (κ2) is 14.8. The summed E-state index contributed by atoms with van der Waals surface area (Å²) in [6, 6.07) is 57.0. The van der Waals surface area contributed by atoms with Gasteiger partial charge in [-0.25, -0.2) is 0 Å². The molecular formula is C50H45N3. The molecule has 3 heteroatoms. The first-order chi connectivity index (χ1) is 25.9. The van der Waals surface area contributed by atoms with Gasteiger partial charge in [0.05, 0.1) is 12.4 Å². The fraction of sp³-hybridized carbons (Fsp3) is 0.140. The van der Waals surface area contributed by atoms with Crippen LogP contribution in [0.2, 0.25) is 0 Å². The lowest BCUT2D eigenvalue weighted by Crippen LogP contribution is -2.26. The molecule has 0 radical (unpaired) electrons. The van der Waals surface area contributed by atoms with Crippen LogP contribution in [0.25, 0.3) is 55.8 Å². The molecule has 0 spiro atoms. The molecule has 260 valence electrons. The van der Waals surface area contributed by atoms with Crippen molar-refractivity contribution < 1.29 is 0 Å². The van der Waals surface area contributed by atoms with Crippen LogP contribution in [0.4, 0.5) is 11.4 Å². The first-order valence-electron chi connectivity index (χ1n) is 18.7. The van der Waals surface area contributed by atoms with E-state index in [-0.39, 0.29) is 0 Å². The summed E-state index contributed by atoms with van der Waals surface area (Å²) in [5.74, 6) is 0.917. The molecule has 0 unspecified atom stereocenters. The fourth-order valence-electron chi connectivity index (χ4n) is 7.53. The van der Waals surface area contributed by atoms with Gasteiger partial charge in [0.2, 0.25) is 0 Å². The van der Waals surface area contributed by atoms with Gasteiger partial charge in [0.1, 0.15) is 0 Å². The molecule has 1 aliphatic rings. The molecule has 0 aliphatic carbocycles. The van der Waals surface area contributed by atoms with Gasteiger partial charge in [0.15, 0.2) is 0 Å². The van der Waals surface area contributed by atoms with E-state index in [0.717, 1.165) is 17.9 Å². The summed E-state index contributed by atoms with van der Waals surface area (Å²) in [4.78, 5) is 9.33. The van der Waals surface area contributed by atoms with Crippen molar-refractivity contribution in [1.82, 2.24) is 4.98 Å². The highest BCUT2D eigenvalue weighted by atomic mass is 15.3. The molecule has 6 aromatic carbocycles. The third kappa shape index (κ3) is 7.03. The quantitative estimate of drug-likeness (QED) is 0.151. The summed E-state index contributed by atoms with van der Waals surface area (Å²) in [7, 11) is 0. The Morgan fingerprint density at radius 1 is 0.434 bits per heavy atom. The Bertz CT molecular complexity index is 2360. The lowest BCUT2D eigenvalue weighted by Gasteiger charge is -2.28. The maximum atomic E-state index is 4.58. The number of hydrogen-bond donors (Lipinski definition) is 0. The van der Waals surface area contributed by atoms with Crippen LogP contribution in [-0.2, 0) is 0 Å². The lowest BCUT2D eigenvalue weighted by molar-refractivity contribution is 0.817. The van der Waals surface area contributed by atoms with E-state index >= 15 is 0 Å². The second-order valence-electron chi connectivity index (χ2n) is 14.5. The number of aromatic nitrogens is 1. The zero-order valence-corrected chi connectivity index (χ0v) is 30.9. The maximum Gasteiger partial charge on any atom is 0.0989 e. The van der Waals surface area contributed by atoms with Crippen molar-refractivity contribution in [2.24, 2.45) is 0 Å². The van der Waals surface area contributed by atoms with Crippen LogP contribution in [0.1, 0.15) is 50.7 Å². The van der Waals surface area contributed by atoms with Crippen molar-refractivity contribution in [3.05, 3.63) is 187 Å². The molecule has 0 N–H and O–H groups in total. The van der Waals surface area contributed by atoms with Gasteiger partial charge in [-0.1, -0.05) is 143 Å². The van der Waals surface area contributed by atoms with Crippen molar-refractivity contribution in [3.8, 4) is 55.8 Å². The molecule has 2 heterocycles. The van der Waals surface area contributed by atoms with E-state index in [9.17, 15) is 0 Å². The monoisotopic (exact) mass is 687 g/mol. The van der Waals surface area contributed by atoms with E-state index in [2.05, 4.69) is 200 Å². The highest BCUT2D eigenvalue weighted by Crippen LogP contribution is 2.39. The topological polar surface area (TPSA) is 19.4 Å². The van der Waals surface area contributed by atoms with Crippen LogP contribution in [0.5, 0.6) is 0 Å². The molecule has 0 atom stereocenters. The third-order valence-corrected chi connectivity index (χ3v) is 10.3. The summed E-state index contributed by atoms with van der Waals surface area (Å²) in [6.07, 6.45) is 6.29. The van der Waals surface area contributed by atoms with Gasteiger partial charge in [0, 0.05) is 35.5 Å². The van der Waals surface area contributed by atoms with Crippen LogP contribution in [0, 0.1) is 0 Å². The molecule has 0 saturated carbocycles. The first kappa shape index (κ1) is 33.9.